The summed E-state index contributed by atoms with van der Waals surface area (Å²) in [5, 5.41) is 8.38. The Morgan fingerprint density at radius 1 is 1.54 bits per heavy atom. The molecule has 13 heavy (non-hydrogen) atoms. The molecule has 0 N–H and O–H groups in total. The van der Waals surface area contributed by atoms with Gasteiger partial charge in [0.1, 0.15) is 5.69 Å². The fourth-order valence-corrected chi connectivity index (χ4v) is 1.18. The Kier molecular flexibility index (Phi) is 3.32. The van der Waals surface area contributed by atoms with Crippen molar-refractivity contribution in [1.29, 1.82) is 5.26 Å². The van der Waals surface area contributed by atoms with Gasteiger partial charge in [-0.05, 0) is 28.1 Å². The van der Waals surface area contributed by atoms with E-state index in [9.17, 15) is 8.78 Å². The number of rotatable bonds is 2. The number of nitriles is 1. The Hall–Kier alpha value is -1.02. The SMILES string of the molecule is N#CCc1nc(C(F)F)ccc1Br. The highest BCUT2D eigenvalue weighted by Gasteiger charge is 2.10. The fourth-order valence-electron chi connectivity index (χ4n) is 0.822. The monoisotopic (exact) mass is 246 g/mol. The Bertz CT molecular complexity index is 346. The summed E-state index contributed by atoms with van der Waals surface area (Å²) in [7, 11) is 0. The van der Waals surface area contributed by atoms with Crippen LogP contribution in [0.2, 0.25) is 0 Å². The zero-order valence-corrected chi connectivity index (χ0v) is 8.05. The first-order valence-electron chi connectivity index (χ1n) is 3.45. The molecule has 1 rings (SSSR count). The molecule has 0 aliphatic carbocycles. The highest BCUT2D eigenvalue weighted by Crippen LogP contribution is 2.21. The van der Waals surface area contributed by atoms with Crippen LogP contribution in [0.1, 0.15) is 17.8 Å². The van der Waals surface area contributed by atoms with Crippen LogP contribution in [0.5, 0.6) is 0 Å². The third-order valence-corrected chi connectivity index (χ3v) is 2.13. The molecule has 1 aromatic rings. The minimum absolute atomic E-state index is 0.0289. The van der Waals surface area contributed by atoms with E-state index in [1.54, 1.807) is 0 Å². The van der Waals surface area contributed by atoms with Crippen molar-refractivity contribution in [1.82, 2.24) is 4.98 Å². The second-order valence-corrected chi connectivity index (χ2v) is 3.15. The topological polar surface area (TPSA) is 36.7 Å². The summed E-state index contributed by atoms with van der Waals surface area (Å²) in [6.07, 6.45) is -2.56. The molecule has 0 spiro atoms. The number of hydrogen-bond donors (Lipinski definition) is 0. The maximum Gasteiger partial charge on any atom is 0.280 e. The molecule has 5 heteroatoms. The zero-order chi connectivity index (χ0) is 9.84. The minimum atomic E-state index is -2.59. The first-order valence-corrected chi connectivity index (χ1v) is 4.25. The summed E-state index contributed by atoms with van der Waals surface area (Å²) in [6.45, 7) is 0. The van der Waals surface area contributed by atoms with Crippen LogP contribution in [-0.4, -0.2) is 4.98 Å². The van der Waals surface area contributed by atoms with Crippen LogP contribution in [0, 0.1) is 11.3 Å². The summed E-state index contributed by atoms with van der Waals surface area (Å²) >= 11 is 3.12. The number of nitrogens with zero attached hydrogens (tertiary/aromatic N) is 2. The molecule has 0 saturated heterocycles. The molecule has 1 heterocycles. The number of pyridine rings is 1. The van der Waals surface area contributed by atoms with Gasteiger partial charge in [0.25, 0.3) is 6.43 Å². The fraction of sp³-hybridized carbons (Fsp3) is 0.250. The lowest BCUT2D eigenvalue weighted by Crippen LogP contribution is -1.96. The molecule has 0 fully saturated rings. The third-order valence-electron chi connectivity index (χ3n) is 1.41. The molecular weight excluding hydrogens is 242 g/mol. The molecule has 0 radical (unpaired) electrons. The average Bonchev–Trinajstić information content (AvgIpc) is 2.08. The van der Waals surface area contributed by atoms with E-state index in [4.69, 9.17) is 5.26 Å². The smallest absolute Gasteiger partial charge is 0.250 e. The van der Waals surface area contributed by atoms with Gasteiger partial charge in [-0.1, -0.05) is 0 Å². The van der Waals surface area contributed by atoms with Crippen LogP contribution in [0.3, 0.4) is 0 Å². The molecule has 0 aliphatic rings. The lowest BCUT2D eigenvalue weighted by atomic mass is 10.2. The van der Waals surface area contributed by atoms with Crippen molar-refractivity contribution in [3.63, 3.8) is 0 Å². The zero-order valence-electron chi connectivity index (χ0n) is 6.47. The number of hydrogen-bond acceptors (Lipinski definition) is 2. The van der Waals surface area contributed by atoms with Crippen molar-refractivity contribution < 1.29 is 8.78 Å². The van der Waals surface area contributed by atoms with Crippen LogP contribution < -0.4 is 0 Å². The Labute approximate surface area is 82.3 Å². The van der Waals surface area contributed by atoms with Gasteiger partial charge in [0.15, 0.2) is 0 Å². The Balaban J connectivity index is 3.05. The van der Waals surface area contributed by atoms with Crippen molar-refractivity contribution in [2.45, 2.75) is 12.8 Å². The highest BCUT2D eigenvalue weighted by molar-refractivity contribution is 9.10. The number of halogens is 3. The Morgan fingerprint density at radius 2 is 2.23 bits per heavy atom. The molecule has 0 unspecified atom stereocenters. The third kappa shape index (κ3) is 2.46. The van der Waals surface area contributed by atoms with Gasteiger partial charge in [-0.2, -0.15) is 5.26 Å². The molecule has 0 atom stereocenters. The van der Waals surface area contributed by atoms with Crippen molar-refractivity contribution >= 4 is 15.9 Å². The standard InChI is InChI=1S/C8H5BrF2N2/c9-5-1-2-7(8(10)11)13-6(5)3-4-12/h1-2,8H,3H2. The maximum atomic E-state index is 12.2. The van der Waals surface area contributed by atoms with Gasteiger partial charge < -0.3 is 0 Å². The van der Waals surface area contributed by atoms with Crippen molar-refractivity contribution in [2.24, 2.45) is 0 Å². The van der Waals surface area contributed by atoms with Gasteiger partial charge in [-0.25, -0.2) is 13.8 Å². The summed E-state index contributed by atoms with van der Waals surface area (Å²) in [6, 6.07) is 4.56. The van der Waals surface area contributed by atoms with Crippen LogP contribution in [0.4, 0.5) is 8.78 Å². The first kappa shape index (κ1) is 10.1. The van der Waals surface area contributed by atoms with Crippen molar-refractivity contribution in [3.8, 4) is 6.07 Å². The molecule has 1 aromatic heterocycles. The largest absolute Gasteiger partial charge is 0.280 e. The molecule has 2 nitrogen and oxygen atoms in total. The lowest BCUT2D eigenvalue weighted by Gasteiger charge is -2.02. The second-order valence-electron chi connectivity index (χ2n) is 2.30. The van der Waals surface area contributed by atoms with Crippen LogP contribution in [0.15, 0.2) is 16.6 Å². The molecule has 68 valence electrons. The Morgan fingerprint density at radius 3 is 2.77 bits per heavy atom. The minimum Gasteiger partial charge on any atom is -0.250 e. The van der Waals surface area contributed by atoms with E-state index < -0.39 is 6.43 Å². The number of aromatic nitrogens is 1. The highest BCUT2D eigenvalue weighted by atomic mass is 79.9. The van der Waals surface area contributed by atoms with E-state index in [1.165, 1.54) is 12.1 Å². The van der Waals surface area contributed by atoms with Gasteiger partial charge in [0.2, 0.25) is 0 Å². The maximum absolute atomic E-state index is 12.2. The lowest BCUT2D eigenvalue weighted by molar-refractivity contribution is 0.146. The van der Waals surface area contributed by atoms with Gasteiger partial charge in [-0.3, -0.25) is 0 Å². The molecule has 0 aliphatic heterocycles. The van der Waals surface area contributed by atoms with Crippen LogP contribution >= 0.6 is 15.9 Å². The predicted octanol–water partition coefficient (Wildman–Crippen LogP) is 2.85. The van der Waals surface area contributed by atoms with E-state index in [1.807, 2.05) is 6.07 Å². The molecule has 0 bridgehead atoms. The van der Waals surface area contributed by atoms with Crippen LogP contribution in [0.25, 0.3) is 0 Å². The van der Waals surface area contributed by atoms with E-state index in [-0.39, 0.29) is 12.1 Å². The first-order chi connectivity index (χ1) is 6.15. The molecule has 0 aromatic carbocycles. The summed E-state index contributed by atoms with van der Waals surface area (Å²) in [5.74, 6) is 0. The molecule has 0 amide bonds. The normalized spacial score (nSPS) is 10.1. The van der Waals surface area contributed by atoms with Gasteiger partial charge in [0.05, 0.1) is 18.2 Å². The van der Waals surface area contributed by atoms with E-state index in [0.29, 0.717) is 10.2 Å². The summed E-state index contributed by atoms with van der Waals surface area (Å²) in [4.78, 5) is 3.64. The van der Waals surface area contributed by atoms with Gasteiger partial charge in [0, 0.05) is 4.47 Å². The number of alkyl halides is 2. The average molecular weight is 247 g/mol. The summed E-state index contributed by atoms with van der Waals surface area (Å²) in [5.41, 5.74) is 0.0498. The van der Waals surface area contributed by atoms with Crippen molar-refractivity contribution in [2.75, 3.05) is 0 Å². The summed E-state index contributed by atoms with van der Waals surface area (Å²) < 4.78 is 24.9. The van der Waals surface area contributed by atoms with Crippen LogP contribution in [-0.2, 0) is 6.42 Å². The van der Waals surface area contributed by atoms with Gasteiger partial charge >= 0.3 is 0 Å². The second kappa shape index (κ2) is 4.28. The molecular formula is C8H5BrF2N2. The van der Waals surface area contributed by atoms with E-state index in [0.717, 1.165) is 0 Å². The van der Waals surface area contributed by atoms with Gasteiger partial charge in [-0.15, -0.1) is 0 Å². The van der Waals surface area contributed by atoms with Crippen molar-refractivity contribution in [3.05, 3.63) is 28.0 Å². The van der Waals surface area contributed by atoms with E-state index in [2.05, 4.69) is 20.9 Å². The van der Waals surface area contributed by atoms with E-state index >= 15 is 0 Å². The quantitative estimate of drug-likeness (QED) is 0.805. The predicted molar refractivity (Wildman–Crippen MR) is 46.2 cm³/mol. The molecule has 0 saturated carbocycles.